The predicted octanol–water partition coefficient (Wildman–Crippen LogP) is 0.582. The molecule has 0 aliphatic rings. The first-order valence-electron chi connectivity index (χ1n) is 5.96. The average Bonchev–Trinajstić information content (AvgIpc) is 2.31. The molecule has 0 saturated carbocycles. The van der Waals surface area contributed by atoms with Gasteiger partial charge in [-0.05, 0) is 24.1 Å². The van der Waals surface area contributed by atoms with Crippen LogP contribution in [-0.2, 0) is 16.0 Å². The molecule has 0 aliphatic heterocycles. The van der Waals surface area contributed by atoms with Gasteiger partial charge in [-0.2, -0.15) is 0 Å². The van der Waals surface area contributed by atoms with Gasteiger partial charge in [0.05, 0.1) is 6.42 Å². The van der Waals surface area contributed by atoms with E-state index in [0.717, 1.165) is 12.0 Å². The molecular weight excluding hydrogens is 230 g/mol. The van der Waals surface area contributed by atoms with Crippen molar-refractivity contribution in [3.05, 3.63) is 29.8 Å². The highest BCUT2D eigenvalue weighted by Crippen LogP contribution is 2.06. The highest BCUT2D eigenvalue weighted by atomic mass is 16.2. The van der Waals surface area contributed by atoms with E-state index in [2.05, 4.69) is 5.32 Å². The smallest absolute Gasteiger partial charge is 0.239 e. The van der Waals surface area contributed by atoms with Crippen LogP contribution in [0.2, 0.25) is 0 Å². The summed E-state index contributed by atoms with van der Waals surface area (Å²) in [5.74, 6) is -0.709. The van der Waals surface area contributed by atoms with Crippen LogP contribution in [-0.4, -0.2) is 17.9 Å². The molecule has 0 spiro atoms. The lowest BCUT2D eigenvalue weighted by Crippen LogP contribution is -2.44. The molecule has 1 atom stereocenters. The van der Waals surface area contributed by atoms with Gasteiger partial charge in [0.15, 0.2) is 0 Å². The number of anilines is 1. The largest absolute Gasteiger partial charge is 0.399 e. The van der Waals surface area contributed by atoms with Gasteiger partial charge in [-0.3, -0.25) is 9.59 Å². The fraction of sp³-hybridized carbons (Fsp3) is 0.385. The number of nitrogen functional groups attached to an aromatic ring is 1. The van der Waals surface area contributed by atoms with E-state index in [9.17, 15) is 9.59 Å². The van der Waals surface area contributed by atoms with Crippen LogP contribution in [0.15, 0.2) is 24.3 Å². The summed E-state index contributed by atoms with van der Waals surface area (Å²) < 4.78 is 0. The maximum absolute atomic E-state index is 11.7. The van der Waals surface area contributed by atoms with Crippen LogP contribution in [0.3, 0.4) is 0 Å². The Labute approximate surface area is 107 Å². The van der Waals surface area contributed by atoms with Gasteiger partial charge in [-0.25, -0.2) is 0 Å². The summed E-state index contributed by atoms with van der Waals surface area (Å²) in [6, 6.07) is 6.46. The zero-order chi connectivity index (χ0) is 13.5. The summed E-state index contributed by atoms with van der Waals surface area (Å²) in [6.45, 7) is 1.93. The molecule has 0 aliphatic carbocycles. The SMILES string of the molecule is CCCC(NC(=O)Cc1ccc(N)cc1)C(N)=O. The van der Waals surface area contributed by atoms with E-state index in [1.54, 1.807) is 24.3 Å². The average molecular weight is 249 g/mol. The van der Waals surface area contributed by atoms with Gasteiger partial charge in [0.25, 0.3) is 0 Å². The lowest BCUT2D eigenvalue weighted by Gasteiger charge is -2.14. The summed E-state index contributed by atoms with van der Waals surface area (Å²) in [7, 11) is 0. The Morgan fingerprint density at radius 2 is 1.89 bits per heavy atom. The van der Waals surface area contributed by atoms with E-state index in [-0.39, 0.29) is 12.3 Å². The Kier molecular flexibility index (Phi) is 5.17. The molecule has 2 amide bonds. The fourth-order valence-corrected chi connectivity index (χ4v) is 1.64. The van der Waals surface area contributed by atoms with Gasteiger partial charge in [0.2, 0.25) is 11.8 Å². The van der Waals surface area contributed by atoms with Crippen LogP contribution in [0.4, 0.5) is 5.69 Å². The number of primary amides is 1. The second-order valence-electron chi connectivity index (χ2n) is 4.23. The van der Waals surface area contributed by atoms with Crippen molar-refractivity contribution in [1.29, 1.82) is 0 Å². The molecule has 0 fully saturated rings. The highest BCUT2D eigenvalue weighted by Gasteiger charge is 2.16. The van der Waals surface area contributed by atoms with Crippen molar-refractivity contribution in [3.8, 4) is 0 Å². The molecule has 1 unspecified atom stereocenters. The monoisotopic (exact) mass is 249 g/mol. The molecule has 0 heterocycles. The Hall–Kier alpha value is -2.04. The summed E-state index contributed by atoms with van der Waals surface area (Å²) in [5, 5.41) is 2.64. The summed E-state index contributed by atoms with van der Waals surface area (Å²) in [5.41, 5.74) is 12.3. The normalized spacial score (nSPS) is 11.8. The van der Waals surface area contributed by atoms with E-state index in [1.807, 2.05) is 6.92 Å². The number of rotatable bonds is 6. The number of nitrogens with two attached hydrogens (primary N) is 2. The minimum absolute atomic E-state index is 0.211. The van der Waals surface area contributed by atoms with Crippen LogP contribution < -0.4 is 16.8 Å². The molecule has 0 bridgehead atoms. The predicted molar refractivity (Wildman–Crippen MR) is 70.6 cm³/mol. The minimum atomic E-state index is -0.587. The van der Waals surface area contributed by atoms with Gasteiger partial charge in [0, 0.05) is 5.69 Å². The molecule has 18 heavy (non-hydrogen) atoms. The van der Waals surface area contributed by atoms with Crippen LogP contribution in [0.1, 0.15) is 25.3 Å². The number of nitrogens with one attached hydrogen (secondary N) is 1. The Morgan fingerprint density at radius 3 is 2.39 bits per heavy atom. The zero-order valence-electron chi connectivity index (χ0n) is 10.5. The number of hydrogen-bond acceptors (Lipinski definition) is 3. The zero-order valence-corrected chi connectivity index (χ0v) is 10.5. The number of carbonyl (C=O) groups is 2. The third-order valence-corrected chi connectivity index (χ3v) is 2.60. The maximum Gasteiger partial charge on any atom is 0.239 e. The molecule has 1 aromatic carbocycles. The first-order chi connectivity index (χ1) is 8.52. The van der Waals surface area contributed by atoms with Crippen molar-refractivity contribution in [2.75, 3.05) is 5.73 Å². The molecule has 5 nitrogen and oxygen atoms in total. The number of hydrogen-bond donors (Lipinski definition) is 3. The molecule has 5 heteroatoms. The first kappa shape index (κ1) is 14.0. The molecule has 98 valence electrons. The summed E-state index contributed by atoms with van der Waals surface area (Å²) in [6.07, 6.45) is 1.56. The van der Waals surface area contributed by atoms with Gasteiger partial charge in [-0.1, -0.05) is 25.5 Å². The van der Waals surface area contributed by atoms with Crippen molar-refractivity contribution in [2.45, 2.75) is 32.2 Å². The van der Waals surface area contributed by atoms with Crippen LogP contribution in [0.5, 0.6) is 0 Å². The Morgan fingerprint density at radius 1 is 1.28 bits per heavy atom. The molecule has 0 aromatic heterocycles. The second-order valence-corrected chi connectivity index (χ2v) is 4.23. The van der Waals surface area contributed by atoms with Crippen LogP contribution in [0, 0.1) is 0 Å². The van der Waals surface area contributed by atoms with E-state index < -0.39 is 11.9 Å². The second kappa shape index (κ2) is 6.64. The lowest BCUT2D eigenvalue weighted by molar-refractivity contribution is -0.127. The van der Waals surface area contributed by atoms with Gasteiger partial charge in [0.1, 0.15) is 6.04 Å². The maximum atomic E-state index is 11.7. The van der Waals surface area contributed by atoms with E-state index in [4.69, 9.17) is 11.5 Å². The molecule has 0 saturated heterocycles. The molecule has 1 rings (SSSR count). The van der Waals surface area contributed by atoms with Crippen LogP contribution in [0.25, 0.3) is 0 Å². The Balaban J connectivity index is 2.54. The molecule has 1 aromatic rings. The summed E-state index contributed by atoms with van der Waals surface area (Å²) in [4.78, 5) is 22.8. The van der Waals surface area contributed by atoms with Gasteiger partial charge >= 0.3 is 0 Å². The standard InChI is InChI=1S/C13H19N3O2/c1-2-3-11(13(15)18)16-12(17)8-9-4-6-10(14)7-5-9/h4-7,11H,2-3,8,14H2,1H3,(H2,15,18)(H,16,17). The van der Waals surface area contributed by atoms with E-state index in [0.29, 0.717) is 12.1 Å². The van der Waals surface area contributed by atoms with Gasteiger partial charge in [-0.15, -0.1) is 0 Å². The lowest BCUT2D eigenvalue weighted by atomic mass is 10.1. The molecule has 0 radical (unpaired) electrons. The van der Waals surface area contributed by atoms with Gasteiger partial charge < -0.3 is 16.8 Å². The fourth-order valence-electron chi connectivity index (χ4n) is 1.64. The van der Waals surface area contributed by atoms with Crippen molar-refractivity contribution in [1.82, 2.24) is 5.32 Å². The topological polar surface area (TPSA) is 98.2 Å². The number of benzene rings is 1. The Bertz CT molecular complexity index is 415. The highest BCUT2D eigenvalue weighted by molar-refractivity contribution is 5.87. The number of amides is 2. The minimum Gasteiger partial charge on any atom is -0.399 e. The van der Waals surface area contributed by atoms with Crippen molar-refractivity contribution < 1.29 is 9.59 Å². The summed E-state index contributed by atoms with van der Waals surface area (Å²) >= 11 is 0. The third-order valence-electron chi connectivity index (χ3n) is 2.60. The van der Waals surface area contributed by atoms with Crippen molar-refractivity contribution in [2.24, 2.45) is 5.73 Å². The third kappa shape index (κ3) is 4.45. The van der Waals surface area contributed by atoms with E-state index >= 15 is 0 Å². The van der Waals surface area contributed by atoms with E-state index in [1.165, 1.54) is 0 Å². The quantitative estimate of drug-likeness (QED) is 0.643. The van der Waals surface area contributed by atoms with Crippen molar-refractivity contribution >= 4 is 17.5 Å². The number of carbonyl (C=O) groups excluding carboxylic acids is 2. The first-order valence-corrected chi connectivity index (χ1v) is 5.96. The molecular formula is C13H19N3O2. The molecule has 5 N–H and O–H groups in total. The van der Waals surface area contributed by atoms with Crippen molar-refractivity contribution in [3.63, 3.8) is 0 Å². The van der Waals surface area contributed by atoms with Crippen LogP contribution >= 0.6 is 0 Å².